The average molecular weight is 361 g/mol. The van der Waals surface area contributed by atoms with Gasteiger partial charge in [0.1, 0.15) is 11.3 Å². The van der Waals surface area contributed by atoms with Crippen LogP contribution in [0.4, 0.5) is 13.2 Å². The van der Waals surface area contributed by atoms with E-state index in [1.807, 2.05) is 6.07 Å². The fourth-order valence-corrected chi connectivity index (χ4v) is 4.43. The summed E-state index contributed by atoms with van der Waals surface area (Å²) in [6.07, 6.45) is -5.26. The van der Waals surface area contributed by atoms with Crippen molar-refractivity contribution >= 4 is 53.7 Å². The Bertz CT molecular complexity index is 1380. The summed E-state index contributed by atoms with van der Waals surface area (Å²) in [5.41, 5.74) is -1.65. The third-order valence-corrected chi connectivity index (χ3v) is 5.55. The molecule has 0 atom stereocenters. The lowest BCUT2D eigenvalue weighted by Crippen LogP contribution is -2.31. The molecule has 0 aliphatic carbocycles. The summed E-state index contributed by atoms with van der Waals surface area (Å²) in [5, 5.41) is 12.2. The normalized spacial score (nSPS) is 13.1. The molecule has 0 saturated heterocycles. The van der Waals surface area contributed by atoms with Crippen molar-refractivity contribution in [3.8, 4) is 5.75 Å². The molecule has 3 aromatic carbocycles. The van der Waals surface area contributed by atoms with Gasteiger partial charge in [-0.3, -0.25) is 14.0 Å². The molecule has 0 amide bonds. The zero-order chi connectivity index (χ0) is 17.7. The van der Waals surface area contributed by atoms with E-state index in [0.717, 1.165) is 19.9 Å². The molecule has 0 unspecified atom stereocenters. The van der Waals surface area contributed by atoms with Gasteiger partial charge in [0, 0.05) is 10.8 Å². The van der Waals surface area contributed by atoms with E-state index in [0.29, 0.717) is 15.7 Å². The zero-order valence-electron chi connectivity index (χ0n) is 12.1. The number of aromatic hydroxyl groups is 1. The Kier molecular flexibility index (Phi) is 2.43. The van der Waals surface area contributed by atoms with Crippen molar-refractivity contribution in [1.29, 1.82) is 0 Å². The fraction of sp³-hybridized carbons (Fsp3) is 0.0588. The van der Waals surface area contributed by atoms with E-state index in [2.05, 4.69) is 0 Å². The molecule has 5 rings (SSSR count). The number of ketones is 1. The van der Waals surface area contributed by atoms with Crippen LogP contribution >= 0.6 is 11.3 Å². The first-order valence-corrected chi connectivity index (χ1v) is 7.99. The molecule has 2 heterocycles. The maximum absolute atomic E-state index is 12.9. The number of fused-ring (bicyclic) bond motifs is 4. The number of carbonyl (C=O) groups is 1. The number of carbonyl (C=O) groups excluding carboxylic acids is 1. The van der Waals surface area contributed by atoms with Crippen LogP contribution in [-0.2, 0) is 0 Å². The summed E-state index contributed by atoms with van der Waals surface area (Å²) in [6.45, 7) is 0. The average Bonchev–Trinajstić information content (AvgIpc) is 3.23. The Morgan fingerprint density at radius 1 is 1.16 bits per heavy atom. The molecule has 0 saturated carbocycles. The van der Waals surface area contributed by atoms with Gasteiger partial charge < -0.3 is 5.11 Å². The standard InChI is InChI=1S/C17H6F3NO3S/c18-17(19,20)15(23)11-13(22)7-2-1-3-10-12(7)21(16(11)24)9-5-6-4-8(6)14(9)25-10/h1-5,22H. The summed E-state index contributed by atoms with van der Waals surface area (Å²) in [5.74, 6) is -3.28. The number of halogens is 3. The predicted octanol–water partition coefficient (Wildman–Crippen LogP) is 4.15. The van der Waals surface area contributed by atoms with E-state index >= 15 is 0 Å². The number of nitrogens with zero attached hydrogens (tertiary/aromatic N) is 1. The molecule has 1 N–H and O–H groups in total. The van der Waals surface area contributed by atoms with Gasteiger partial charge in [-0.25, -0.2) is 0 Å². The number of pyridine rings is 1. The smallest absolute Gasteiger partial charge is 0.455 e. The van der Waals surface area contributed by atoms with Crippen LogP contribution in [0.25, 0.3) is 36.6 Å². The molecule has 0 bridgehead atoms. The van der Waals surface area contributed by atoms with Crippen LogP contribution in [0, 0.1) is 0 Å². The summed E-state index contributed by atoms with van der Waals surface area (Å²) >= 11 is 1.39. The van der Waals surface area contributed by atoms with Crippen LogP contribution in [0.5, 0.6) is 5.75 Å². The second-order valence-corrected chi connectivity index (χ2v) is 6.87. The van der Waals surface area contributed by atoms with Crippen LogP contribution in [0.15, 0.2) is 35.1 Å². The summed E-state index contributed by atoms with van der Waals surface area (Å²) < 4.78 is 41.3. The van der Waals surface area contributed by atoms with Crippen molar-refractivity contribution in [2.24, 2.45) is 0 Å². The zero-order valence-corrected chi connectivity index (χ0v) is 13.0. The van der Waals surface area contributed by atoms with Crippen molar-refractivity contribution in [2.45, 2.75) is 6.18 Å². The molecule has 0 aliphatic heterocycles. The third kappa shape index (κ3) is 1.72. The molecule has 25 heavy (non-hydrogen) atoms. The molecule has 0 spiro atoms. The van der Waals surface area contributed by atoms with Crippen molar-refractivity contribution in [2.75, 3.05) is 0 Å². The van der Waals surface area contributed by atoms with Crippen molar-refractivity contribution in [3.63, 3.8) is 0 Å². The van der Waals surface area contributed by atoms with E-state index in [1.165, 1.54) is 17.4 Å². The number of aromatic nitrogens is 1. The lowest BCUT2D eigenvalue weighted by atomic mass is 10.1. The minimum absolute atomic E-state index is 0.0386. The van der Waals surface area contributed by atoms with Crippen molar-refractivity contribution in [1.82, 2.24) is 4.40 Å². The molecule has 5 aromatic rings. The lowest BCUT2D eigenvalue weighted by molar-refractivity contribution is -0.0887. The minimum atomic E-state index is -5.26. The third-order valence-electron chi connectivity index (χ3n) is 4.37. The van der Waals surface area contributed by atoms with E-state index < -0.39 is 28.8 Å². The predicted molar refractivity (Wildman–Crippen MR) is 88.5 cm³/mol. The molecule has 0 fully saturated rings. The number of para-hydroxylation sites is 1. The number of hydrogen-bond donors (Lipinski definition) is 1. The Morgan fingerprint density at radius 3 is 2.64 bits per heavy atom. The largest absolute Gasteiger partial charge is 0.506 e. The summed E-state index contributed by atoms with van der Waals surface area (Å²) in [6, 6.07) is 8.29. The van der Waals surface area contributed by atoms with Gasteiger partial charge in [0.15, 0.2) is 0 Å². The SMILES string of the molecule is O=C(c1c(O)c2cccc3sc4c5cc5cc4n(c1=O)c32)C(F)(F)F. The van der Waals surface area contributed by atoms with Gasteiger partial charge in [-0.2, -0.15) is 13.2 Å². The highest BCUT2D eigenvalue weighted by Crippen LogP contribution is 2.43. The topological polar surface area (TPSA) is 58.8 Å². The molecule has 8 heteroatoms. The molecule has 0 radical (unpaired) electrons. The number of benzene rings is 2. The quantitative estimate of drug-likeness (QED) is 0.277. The number of Topliss-reactive ketones (excluding diaryl/α,β-unsaturated/α-hetero) is 1. The van der Waals surface area contributed by atoms with Gasteiger partial charge in [-0.05, 0) is 29.7 Å². The van der Waals surface area contributed by atoms with Crippen LogP contribution < -0.4 is 5.56 Å². The highest BCUT2D eigenvalue weighted by atomic mass is 32.1. The first-order valence-electron chi connectivity index (χ1n) is 7.18. The van der Waals surface area contributed by atoms with E-state index in [-0.39, 0.29) is 5.39 Å². The molecule has 4 nitrogen and oxygen atoms in total. The van der Waals surface area contributed by atoms with Gasteiger partial charge >= 0.3 is 6.18 Å². The van der Waals surface area contributed by atoms with Crippen LogP contribution in [-0.4, -0.2) is 21.5 Å². The molecular formula is C17H6F3NO3S. The minimum Gasteiger partial charge on any atom is -0.506 e. The maximum Gasteiger partial charge on any atom is 0.455 e. The second-order valence-electron chi connectivity index (χ2n) is 5.82. The highest BCUT2D eigenvalue weighted by Gasteiger charge is 2.43. The van der Waals surface area contributed by atoms with Crippen molar-refractivity contribution < 1.29 is 23.1 Å². The first-order chi connectivity index (χ1) is 11.8. The Morgan fingerprint density at radius 2 is 1.92 bits per heavy atom. The number of alkyl halides is 3. The Balaban J connectivity index is 2.09. The molecule has 124 valence electrons. The van der Waals surface area contributed by atoms with Crippen molar-refractivity contribution in [3.05, 3.63) is 46.2 Å². The number of rotatable bonds is 1. The second kappa shape index (κ2) is 4.20. The first kappa shape index (κ1) is 14.5. The maximum atomic E-state index is 12.9. The molecule has 2 aromatic heterocycles. The Labute approximate surface area is 140 Å². The summed E-state index contributed by atoms with van der Waals surface area (Å²) in [7, 11) is 0. The van der Waals surface area contributed by atoms with E-state index in [1.54, 1.807) is 18.2 Å². The number of hydrogen-bond acceptors (Lipinski definition) is 4. The highest BCUT2D eigenvalue weighted by molar-refractivity contribution is 7.25. The van der Waals surface area contributed by atoms with E-state index in [9.17, 15) is 27.9 Å². The lowest BCUT2D eigenvalue weighted by Gasteiger charge is -2.14. The monoisotopic (exact) mass is 361 g/mol. The van der Waals surface area contributed by atoms with Gasteiger partial charge in [-0.15, -0.1) is 11.3 Å². The van der Waals surface area contributed by atoms with Gasteiger partial charge in [0.25, 0.3) is 11.3 Å². The van der Waals surface area contributed by atoms with Gasteiger partial charge in [0.2, 0.25) is 0 Å². The summed E-state index contributed by atoms with van der Waals surface area (Å²) in [4.78, 5) is 24.5. The Hall–Kier alpha value is -2.87. The van der Waals surface area contributed by atoms with E-state index in [4.69, 9.17) is 0 Å². The van der Waals surface area contributed by atoms with Crippen LogP contribution in [0.3, 0.4) is 0 Å². The molecular weight excluding hydrogens is 355 g/mol. The molecule has 0 aliphatic rings. The fourth-order valence-electron chi connectivity index (χ4n) is 3.22. The van der Waals surface area contributed by atoms with Crippen LogP contribution in [0.1, 0.15) is 10.4 Å². The van der Waals surface area contributed by atoms with Gasteiger partial charge in [0.05, 0.1) is 20.4 Å². The van der Waals surface area contributed by atoms with Crippen LogP contribution in [0.2, 0.25) is 0 Å². The van der Waals surface area contributed by atoms with Gasteiger partial charge in [-0.1, -0.05) is 6.07 Å².